The number of piperidine rings is 1. The normalized spacial score (nSPS) is 33.9. The lowest BCUT2D eigenvalue weighted by Crippen LogP contribution is -2.47. The van der Waals surface area contributed by atoms with Crippen LogP contribution in [0.4, 0.5) is 0 Å². The molecule has 2 aliphatic rings. The highest BCUT2D eigenvalue weighted by atomic mass is 16.3. The number of nitrogens with one attached hydrogen (secondary N) is 2. The molecular weight excluding hydrogens is 220 g/mol. The van der Waals surface area contributed by atoms with Crippen LogP contribution in [-0.2, 0) is 9.59 Å². The van der Waals surface area contributed by atoms with Crippen molar-refractivity contribution in [3.05, 3.63) is 0 Å². The molecule has 2 fully saturated rings. The molecule has 2 amide bonds. The van der Waals surface area contributed by atoms with Crippen molar-refractivity contribution < 1.29 is 14.7 Å². The molecule has 5 heteroatoms. The standard InChI is InChI=1S/C12H20N2O3/c15-10-4-2-9(3-5-10)14-12(17)8-1-6-11(16)13-7-8/h8-10,15H,1-7H2,(H,13,16)(H,14,17). The molecule has 0 spiro atoms. The Hall–Kier alpha value is -1.10. The molecule has 0 aromatic rings. The van der Waals surface area contributed by atoms with Crippen LogP contribution in [-0.4, -0.2) is 35.6 Å². The molecule has 1 saturated heterocycles. The topological polar surface area (TPSA) is 78.4 Å². The van der Waals surface area contributed by atoms with E-state index in [9.17, 15) is 14.7 Å². The lowest BCUT2D eigenvalue weighted by molar-refractivity contribution is -0.129. The maximum atomic E-state index is 11.9. The van der Waals surface area contributed by atoms with Gasteiger partial charge in [-0.25, -0.2) is 0 Å². The van der Waals surface area contributed by atoms with E-state index in [0.717, 1.165) is 25.7 Å². The van der Waals surface area contributed by atoms with Crippen LogP contribution in [0.1, 0.15) is 38.5 Å². The van der Waals surface area contributed by atoms with E-state index in [1.807, 2.05) is 0 Å². The number of rotatable bonds is 2. The van der Waals surface area contributed by atoms with Crippen molar-refractivity contribution >= 4 is 11.8 Å². The van der Waals surface area contributed by atoms with Crippen LogP contribution in [0, 0.1) is 5.92 Å². The number of carbonyl (C=O) groups is 2. The Balaban J connectivity index is 1.75. The van der Waals surface area contributed by atoms with E-state index in [0.29, 0.717) is 19.4 Å². The third kappa shape index (κ3) is 3.43. The number of carbonyl (C=O) groups excluding carboxylic acids is 2. The number of hydrogen-bond donors (Lipinski definition) is 3. The van der Waals surface area contributed by atoms with Crippen LogP contribution in [0.15, 0.2) is 0 Å². The summed E-state index contributed by atoms with van der Waals surface area (Å²) in [7, 11) is 0. The van der Waals surface area contributed by atoms with Crippen molar-refractivity contribution in [3.63, 3.8) is 0 Å². The van der Waals surface area contributed by atoms with Crippen molar-refractivity contribution in [3.8, 4) is 0 Å². The predicted molar refractivity (Wildman–Crippen MR) is 62.1 cm³/mol. The van der Waals surface area contributed by atoms with Crippen molar-refractivity contribution in [2.45, 2.75) is 50.7 Å². The van der Waals surface area contributed by atoms with Crippen LogP contribution in [0.5, 0.6) is 0 Å². The number of aliphatic hydroxyl groups excluding tert-OH is 1. The molecule has 1 aliphatic carbocycles. The van der Waals surface area contributed by atoms with Gasteiger partial charge in [0.25, 0.3) is 0 Å². The Morgan fingerprint density at radius 3 is 2.53 bits per heavy atom. The zero-order valence-corrected chi connectivity index (χ0v) is 9.95. The average molecular weight is 240 g/mol. The van der Waals surface area contributed by atoms with Gasteiger partial charge in [-0.2, -0.15) is 0 Å². The second-order valence-electron chi connectivity index (χ2n) is 5.05. The molecular formula is C12H20N2O3. The van der Waals surface area contributed by atoms with Gasteiger partial charge in [-0.1, -0.05) is 0 Å². The molecule has 0 aromatic heterocycles. The molecule has 1 saturated carbocycles. The first-order valence-corrected chi connectivity index (χ1v) is 6.40. The quantitative estimate of drug-likeness (QED) is 0.632. The zero-order chi connectivity index (χ0) is 12.3. The van der Waals surface area contributed by atoms with Crippen LogP contribution >= 0.6 is 0 Å². The van der Waals surface area contributed by atoms with Gasteiger partial charge in [0.1, 0.15) is 0 Å². The van der Waals surface area contributed by atoms with E-state index >= 15 is 0 Å². The molecule has 96 valence electrons. The lowest BCUT2D eigenvalue weighted by atomic mass is 9.91. The molecule has 0 radical (unpaired) electrons. The molecule has 0 bridgehead atoms. The summed E-state index contributed by atoms with van der Waals surface area (Å²) < 4.78 is 0. The average Bonchev–Trinajstić information content (AvgIpc) is 2.33. The van der Waals surface area contributed by atoms with Crippen molar-refractivity contribution in [1.82, 2.24) is 10.6 Å². The summed E-state index contributed by atoms with van der Waals surface area (Å²) in [6, 6.07) is 0.198. The molecule has 1 heterocycles. The molecule has 1 aliphatic heterocycles. The zero-order valence-electron chi connectivity index (χ0n) is 9.95. The predicted octanol–water partition coefficient (Wildman–Crippen LogP) is -0.0677. The Kier molecular flexibility index (Phi) is 3.99. The summed E-state index contributed by atoms with van der Waals surface area (Å²) in [6.07, 6.45) is 4.14. The van der Waals surface area contributed by atoms with Gasteiger partial charge in [-0.3, -0.25) is 9.59 Å². The fourth-order valence-electron chi connectivity index (χ4n) is 2.50. The molecule has 2 rings (SSSR count). The van der Waals surface area contributed by atoms with Crippen LogP contribution < -0.4 is 10.6 Å². The molecule has 1 unspecified atom stereocenters. The van der Waals surface area contributed by atoms with Gasteiger partial charge in [-0.05, 0) is 32.1 Å². The van der Waals surface area contributed by atoms with Crippen molar-refractivity contribution in [2.75, 3.05) is 6.54 Å². The van der Waals surface area contributed by atoms with E-state index < -0.39 is 0 Å². The van der Waals surface area contributed by atoms with Crippen LogP contribution in [0.3, 0.4) is 0 Å². The molecule has 17 heavy (non-hydrogen) atoms. The fraction of sp³-hybridized carbons (Fsp3) is 0.833. The molecule has 1 atom stereocenters. The Labute approximate surface area is 101 Å². The summed E-state index contributed by atoms with van der Waals surface area (Å²) in [5, 5.41) is 15.1. The lowest BCUT2D eigenvalue weighted by Gasteiger charge is -2.29. The summed E-state index contributed by atoms with van der Waals surface area (Å²) in [5.74, 6) is 0.000721. The highest BCUT2D eigenvalue weighted by molar-refractivity contribution is 5.83. The maximum Gasteiger partial charge on any atom is 0.225 e. The largest absolute Gasteiger partial charge is 0.393 e. The van der Waals surface area contributed by atoms with Gasteiger partial charge in [0, 0.05) is 19.0 Å². The van der Waals surface area contributed by atoms with Crippen LogP contribution in [0.2, 0.25) is 0 Å². The Bertz CT molecular complexity index is 288. The number of amides is 2. The maximum absolute atomic E-state index is 11.9. The van der Waals surface area contributed by atoms with Crippen molar-refractivity contribution in [2.24, 2.45) is 5.92 Å². The van der Waals surface area contributed by atoms with E-state index in [1.54, 1.807) is 0 Å². The van der Waals surface area contributed by atoms with E-state index in [4.69, 9.17) is 0 Å². The van der Waals surface area contributed by atoms with Gasteiger partial charge in [0.2, 0.25) is 11.8 Å². The smallest absolute Gasteiger partial charge is 0.225 e. The SMILES string of the molecule is O=C1CCC(C(=O)NC2CCC(O)CC2)CN1. The highest BCUT2D eigenvalue weighted by Gasteiger charge is 2.27. The molecule has 0 aromatic carbocycles. The minimum Gasteiger partial charge on any atom is -0.393 e. The summed E-state index contributed by atoms with van der Waals surface area (Å²) in [4.78, 5) is 22.9. The van der Waals surface area contributed by atoms with E-state index in [-0.39, 0.29) is 29.9 Å². The Morgan fingerprint density at radius 2 is 1.94 bits per heavy atom. The molecule has 5 nitrogen and oxygen atoms in total. The van der Waals surface area contributed by atoms with Gasteiger partial charge in [0.15, 0.2) is 0 Å². The Morgan fingerprint density at radius 1 is 1.24 bits per heavy atom. The first kappa shape index (κ1) is 12.4. The third-order valence-electron chi connectivity index (χ3n) is 3.68. The third-order valence-corrected chi connectivity index (χ3v) is 3.68. The monoisotopic (exact) mass is 240 g/mol. The van der Waals surface area contributed by atoms with Gasteiger partial charge < -0.3 is 15.7 Å². The fourth-order valence-corrected chi connectivity index (χ4v) is 2.50. The van der Waals surface area contributed by atoms with Gasteiger partial charge in [0.05, 0.1) is 12.0 Å². The second kappa shape index (κ2) is 5.49. The minimum atomic E-state index is -0.197. The minimum absolute atomic E-state index is 0.0369. The second-order valence-corrected chi connectivity index (χ2v) is 5.05. The number of hydrogen-bond acceptors (Lipinski definition) is 3. The van der Waals surface area contributed by atoms with E-state index in [1.165, 1.54) is 0 Å². The van der Waals surface area contributed by atoms with Gasteiger partial charge in [-0.15, -0.1) is 0 Å². The van der Waals surface area contributed by atoms with E-state index in [2.05, 4.69) is 10.6 Å². The summed E-state index contributed by atoms with van der Waals surface area (Å²) >= 11 is 0. The van der Waals surface area contributed by atoms with Crippen molar-refractivity contribution in [1.29, 1.82) is 0 Å². The first-order valence-electron chi connectivity index (χ1n) is 6.40. The number of aliphatic hydroxyl groups is 1. The summed E-state index contributed by atoms with van der Waals surface area (Å²) in [6.45, 7) is 0.458. The first-order chi connectivity index (χ1) is 8.15. The molecule has 3 N–H and O–H groups in total. The van der Waals surface area contributed by atoms with Crippen LogP contribution in [0.25, 0.3) is 0 Å². The summed E-state index contributed by atoms with van der Waals surface area (Å²) in [5.41, 5.74) is 0. The van der Waals surface area contributed by atoms with Gasteiger partial charge >= 0.3 is 0 Å². The highest BCUT2D eigenvalue weighted by Crippen LogP contribution is 2.19.